The molecule has 12 heteroatoms. The van der Waals surface area contributed by atoms with E-state index in [0.717, 1.165) is 64.3 Å². The maximum atomic E-state index is 14.1. The number of likely N-dealkylation sites (tertiary alicyclic amines) is 1. The van der Waals surface area contributed by atoms with E-state index >= 15 is 0 Å². The van der Waals surface area contributed by atoms with Gasteiger partial charge in [0.1, 0.15) is 5.69 Å². The highest BCUT2D eigenvalue weighted by Gasteiger charge is 2.28. The van der Waals surface area contributed by atoms with E-state index in [0.29, 0.717) is 12.5 Å². The van der Waals surface area contributed by atoms with Crippen molar-refractivity contribution < 1.29 is 29.3 Å². The zero-order valence-electron chi connectivity index (χ0n) is 24.4. The molecule has 5 N–H and O–H groups in total. The van der Waals surface area contributed by atoms with Gasteiger partial charge in [0.25, 0.3) is 0 Å². The number of imidazole rings is 1. The highest BCUT2D eigenvalue weighted by Crippen LogP contribution is 2.34. The van der Waals surface area contributed by atoms with E-state index in [1.54, 1.807) is 0 Å². The van der Waals surface area contributed by atoms with Gasteiger partial charge in [-0.1, -0.05) is 13.0 Å². The molecule has 6 rings (SSSR count). The van der Waals surface area contributed by atoms with Gasteiger partial charge in [-0.05, 0) is 80.4 Å². The van der Waals surface area contributed by atoms with Gasteiger partial charge in [-0.15, -0.1) is 0 Å². The summed E-state index contributed by atoms with van der Waals surface area (Å²) < 4.78 is 14.1. The number of halogens is 1. The lowest BCUT2D eigenvalue weighted by atomic mass is 9.96. The van der Waals surface area contributed by atoms with Crippen LogP contribution in [0.2, 0.25) is 0 Å². The molecule has 0 spiro atoms. The average molecular weight is 593 g/mol. The molecular weight excluding hydrogens is 555 g/mol. The first-order valence-corrected chi connectivity index (χ1v) is 14.6. The van der Waals surface area contributed by atoms with Gasteiger partial charge in [0.2, 0.25) is 0 Å². The van der Waals surface area contributed by atoms with Gasteiger partial charge in [-0.2, -0.15) is 5.10 Å². The first-order valence-electron chi connectivity index (χ1n) is 14.6. The summed E-state index contributed by atoms with van der Waals surface area (Å²) >= 11 is 0. The minimum absolute atomic E-state index is 0.296. The van der Waals surface area contributed by atoms with E-state index in [1.807, 2.05) is 25.1 Å². The molecule has 43 heavy (non-hydrogen) atoms. The van der Waals surface area contributed by atoms with Crippen molar-refractivity contribution in [1.82, 2.24) is 30.0 Å². The molecule has 0 atom stereocenters. The molecule has 0 bridgehead atoms. The van der Waals surface area contributed by atoms with Crippen LogP contribution in [0.15, 0.2) is 30.3 Å². The second kappa shape index (κ2) is 12.9. The largest absolute Gasteiger partial charge is 0.505 e. The number of hydrogen-bond donors (Lipinski definition) is 5. The number of aliphatic carboxylic acids is 2. The molecule has 2 aromatic carbocycles. The summed E-state index contributed by atoms with van der Waals surface area (Å²) in [4.78, 5) is 32.8. The molecule has 0 unspecified atom stereocenters. The summed E-state index contributed by atoms with van der Waals surface area (Å²) in [6.07, 6.45) is 3.51. The Morgan fingerprint density at radius 3 is 2.47 bits per heavy atom. The van der Waals surface area contributed by atoms with E-state index < -0.39 is 17.8 Å². The minimum Gasteiger partial charge on any atom is -0.505 e. The molecule has 0 aliphatic carbocycles. The molecule has 4 heterocycles. The fraction of sp³-hybridized carbons (Fsp3) is 0.419. The lowest BCUT2D eigenvalue weighted by molar-refractivity contribution is -0.143. The molecule has 1 saturated heterocycles. The van der Waals surface area contributed by atoms with Crippen molar-refractivity contribution in [2.24, 2.45) is 0 Å². The van der Waals surface area contributed by atoms with Crippen LogP contribution < -0.4 is 0 Å². The summed E-state index contributed by atoms with van der Waals surface area (Å²) in [6, 6.07) is 9.55. The Balaban J connectivity index is 0.000000407. The number of nitrogens with one attached hydrogen (secondary N) is 2. The van der Waals surface area contributed by atoms with Crippen molar-refractivity contribution in [2.75, 3.05) is 26.7 Å². The number of benzene rings is 2. The van der Waals surface area contributed by atoms with Gasteiger partial charge >= 0.3 is 11.9 Å². The summed E-state index contributed by atoms with van der Waals surface area (Å²) in [5.41, 5.74) is 6.58. The molecule has 2 aliphatic heterocycles. The Morgan fingerprint density at radius 1 is 1.07 bits per heavy atom. The van der Waals surface area contributed by atoms with E-state index in [4.69, 9.17) is 15.2 Å². The maximum absolute atomic E-state index is 14.1. The lowest BCUT2D eigenvalue weighted by Gasteiger charge is -2.38. The lowest BCUT2D eigenvalue weighted by Crippen LogP contribution is -2.45. The van der Waals surface area contributed by atoms with Crippen LogP contribution in [0.4, 0.5) is 4.39 Å². The van der Waals surface area contributed by atoms with Crippen LogP contribution in [0.1, 0.15) is 49.6 Å². The van der Waals surface area contributed by atoms with Crippen LogP contribution in [0, 0.1) is 5.82 Å². The number of carboxylic acids is 2. The first-order chi connectivity index (χ1) is 20.6. The van der Waals surface area contributed by atoms with Crippen molar-refractivity contribution in [2.45, 2.75) is 58.0 Å². The van der Waals surface area contributed by atoms with Crippen molar-refractivity contribution in [3.8, 4) is 28.4 Å². The van der Waals surface area contributed by atoms with Gasteiger partial charge in [0.05, 0.1) is 29.7 Å². The van der Waals surface area contributed by atoms with Crippen molar-refractivity contribution in [1.29, 1.82) is 0 Å². The van der Waals surface area contributed by atoms with Crippen LogP contribution in [0.25, 0.3) is 33.5 Å². The SMILES string of the molecule is CCc1cc(O)c(F)cc1-c1ccc2c(-c3nc4c([nH]3)CN(C3CCN(C)CC3)CC4)n[nH]c2c1.O=C(O)CCC(=O)O. The van der Waals surface area contributed by atoms with Crippen LogP contribution in [-0.2, 0) is 29.0 Å². The third-order valence-corrected chi connectivity index (χ3v) is 8.27. The third kappa shape index (κ3) is 6.86. The highest BCUT2D eigenvalue weighted by molar-refractivity contribution is 5.94. The van der Waals surface area contributed by atoms with Crippen molar-refractivity contribution >= 4 is 22.8 Å². The Bertz CT molecular complexity index is 1610. The molecule has 0 saturated carbocycles. The fourth-order valence-corrected chi connectivity index (χ4v) is 5.85. The number of phenols is 1. The van der Waals surface area contributed by atoms with Gasteiger partial charge < -0.3 is 25.2 Å². The number of aromatic nitrogens is 4. The molecule has 228 valence electrons. The number of carboxylic acid groups (broad SMARTS) is 2. The molecular formula is C31H37FN6O5. The Morgan fingerprint density at radius 2 is 1.79 bits per heavy atom. The van der Waals surface area contributed by atoms with Crippen LogP contribution in [0.5, 0.6) is 5.75 Å². The van der Waals surface area contributed by atoms with E-state index in [9.17, 15) is 19.1 Å². The number of fused-ring (bicyclic) bond motifs is 2. The van der Waals surface area contributed by atoms with E-state index in [2.05, 4.69) is 32.0 Å². The number of aryl methyl sites for hydroxylation is 1. The van der Waals surface area contributed by atoms with Crippen molar-refractivity contribution in [3.63, 3.8) is 0 Å². The standard InChI is InChI=1S/C27H31FN6O.C4H6O4/c1-3-16-13-25(35)21(28)14-20(16)17-4-5-19-23(12-17)31-32-26(19)27-29-22-8-11-34(15-24(22)30-27)18-6-9-33(2)10-7-18;5-3(6)1-2-4(7)8/h4-5,12-14,18,35H,3,6-11,15H2,1-2H3,(H,29,30)(H,31,32);1-2H2,(H,5,6)(H,7,8). The third-order valence-electron chi connectivity index (χ3n) is 8.27. The number of aromatic amines is 2. The molecule has 4 aromatic rings. The molecule has 0 amide bonds. The number of carbonyl (C=O) groups is 2. The number of phenolic OH excluding ortho intramolecular Hbond substituents is 1. The van der Waals surface area contributed by atoms with Gasteiger partial charge in [-0.25, -0.2) is 9.37 Å². The number of aromatic hydroxyl groups is 1. The highest BCUT2D eigenvalue weighted by atomic mass is 19.1. The predicted octanol–water partition coefficient (Wildman–Crippen LogP) is 4.42. The predicted molar refractivity (Wildman–Crippen MR) is 159 cm³/mol. The monoisotopic (exact) mass is 592 g/mol. The first kappa shape index (κ1) is 30.2. The number of hydrogen-bond acceptors (Lipinski definition) is 7. The quantitative estimate of drug-likeness (QED) is 0.209. The normalized spacial score (nSPS) is 16.1. The van der Waals surface area contributed by atoms with Crippen LogP contribution in [0.3, 0.4) is 0 Å². The summed E-state index contributed by atoms with van der Waals surface area (Å²) in [5.74, 6) is -2.28. The summed E-state index contributed by atoms with van der Waals surface area (Å²) in [5, 5.41) is 34.3. The number of rotatable bonds is 7. The molecule has 1 fully saturated rings. The molecule has 11 nitrogen and oxygen atoms in total. The Kier molecular flexibility index (Phi) is 9.07. The molecule has 2 aliphatic rings. The Hall–Kier alpha value is -4.29. The van der Waals surface area contributed by atoms with Crippen molar-refractivity contribution in [3.05, 3.63) is 53.1 Å². The van der Waals surface area contributed by atoms with Gasteiger partial charge in [0, 0.05) is 30.9 Å². The fourth-order valence-electron chi connectivity index (χ4n) is 5.85. The summed E-state index contributed by atoms with van der Waals surface area (Å²) in [6.45, 7) is 6.30. The molecule has 0 radical (unpaired) electrons. The number of nitrogens with zero attached hydrogens (tertiary/aromatic N) is 4. The second-order valence-corrected chi connectivity index (χ2v) is 11.2. The van der Waals surface area contributed by atoms with Crippen LogP contribution in [-0.4, -0.2) is 89.9 Å². The minimum atomic E-state index is -1.08. The van der Waals surface area contributed by atoms with Gasteiger partial charge in [-0.3, -0.25) is 19.6 Å². The topological polar surface area (TPSA) is 159 Å². The maximum Gasteiger partial charge on any atom is 0.303 e. The Labute approximate surface area is 248 Å². The summed E-state index contributed by atoms with van der Waals surface area (Å²) in [7, 11) is 2.20. The van der Waals surface area contributed by atoms with E-state index in [-0.39, 0.29) is 18.6 Å². The smallest absolute Gasteiger partial charge is 0.303 e. The van der Waals surface area contributed by atoms with Crippen LogP contribution >= 0.6 is 0 Å². The average Bonchev–Trinajstić information content (AvgIpc) is 3.61. The zero-order valence-corrected chi connectivity index (χ0v) is 24.4. The zero-order chi connectivity index (χ0) is 30.7. The second-order valence-electron chi connectivity index (χ2n) is 11.2. The molecule has 2 aromatic heterocycles. The number of piperidine rings is 1. The number of H-pyrrole nitrogens is 2. The van der Waals surface area contributed by atoms with E-state index in [1.165, 1.54) is 43.8 Å². The van der Waals surface area contributed by atoms with Gasteiger partial charge in [0.15, 0.2) is 17.4 Å².